The summed E-state index contributed by atoms with van der Waals surface area (Å²) in [6.45, 7) is 3.60. The molecule has 1 N–H and O–H groups in total. The predicted octanol–water partition coefficient (Wildman–Crippen LogP) is 6.35. The minimum atomic E-state index is -5.11. The van der Waals surface area contributed by atoms with E-state index in [1.54, 1.807) is 38.1 Å². The maximum atomic E-state index is 15.0. The van der Waals surface area contributed by atoms with Gasteiger partial charge in [0.15, 0.2) is 10.9 Å². The Morgan fingerprint density at radius 2 is 1.74 bits per heavy atom. The summed E-state index contributed by atoms with van der Waals surface area (Å²) < 4.78 is 45.5. The number of thiazole rings is 1. The van der Waals surface area contributed by atoms with Crippen LogP contribution >= 0.6 is 22.9 Å². The van der Waals surface area contributed by atoms with Crippen molar-refractivity contribution in [2.24, 2.45) is 5.41 Å². The van der Waals surface area contributed by atoms with Crippen molar-refractivity contribution in [3.63, 3.8) is 0 Å². The van der Waals surface area contributed by atoms with Crippen LogP contribution in [0.1, 0.15) is 26.7 Å². The molecule has 3 aromatic rings. The second-order valence-corrected chi connectivity index (χ2v) is 10.7. The zero-order chi connectivity index (χ0) is 24.5. The zero-order valence-electron chi connectivity index (χ0n) is 18.2. The largest absolute Gasteiger partial charge is 0.425 e. The fourth-order valence-corrected chi connectivity index (χ4v) is 5.75. The summed E-state index contributed by atoms with van der Waals surface area (Å²) in [6.07, 6.45) is -5.09. The highest BCUT2D eigenvalue weighted by Crippen LogP contribution is 2.54. The molecular weight excluding hydrogens is 487 g/mol. The zero-order valence-corrected chi connectivity index (χ0v) is 19.7. The Morgan fingerprint density at radius 3 is 2.38 bits per heavy atom. The molecule has 5 rings (SSSR count). The first-order valence-corrected chi connectivity index (χ1v) is 11.7. The van der Waals surface area contributed by atoms with Crippen LogP contribution in [0, 0.1) is 5.41 Å². The lowest BCUT2D eigenvalue weighted by Gasteiger charge is -2.35. The number of amides is 1. The topological polar surface area (TPSA) is 62.3 Å². The summed E-state index contributed by atoms with van der Waals surface area (Å²) in [4.78, 5) is 32.3. The number of nitrogens with zero attached hydrogens (tertiary/aromatic N) is 2. The van der Waals surface area contributed by atoms with E-state index in [1.807, 2.05) is 0 Å². The van der Waals surface area contributed by atoms with E-state index in [2.05, 4.69) is 10.3 Å². The number of carbonyl (C=O) groups excluding carboxylic acids is 2. The molecule has 0 unspecified atom stereocenters. The molecular formula is C24H19ClF3N3O2S. The molecule has 0 bridgehead atoms. The number of hydrogen-bond donors (Lipinski definition) is 1. The molecule has 0 saturated heterocycles. The highest BCUT2D eigenvalue weighted by molar-refractivity contribution is 7.22. The van der Waals surface area contributed by atoms with Crippen LogP contribution < -0.4 is 10.2 Å². The highest BCUT2D eigenvalue weighted by Gasteiger charge is 2.71. The monoisotopic (exact) mass is 505 g/mol. The molecule has 2 aliphatic rings. The Bertz CT molecular complexity index is 1330. The van der Waals surface area contributed by atoms with Gasteiger partial charge >= 0.3 is 6.18 Å². The van der Waals surface area contributed by atoms with Crippen LogP contribution in [0.5, 0.6) is 0 Å². The van der Waals surface area contributed by atoms with Gasteiger partial charge in [0.25, 0.3) is 5.91 Å². The van der Waals surface area contributed by atoms with Crippen LogP contribution in [0.15, 0.2) is 59.8 Å². The molecule has 2 heterocycles. The molecule has 1 aliphatic carbocycles. The van der Waals surface area contributed by atoms with E-state index in [-0.39, 0.29) is 29.4 Å². The number of alkyl halides is 3. The van der Waals surface area contributed by atoms with Crippen molar-refractivity contribution in [3.05, 3.63) is 64.8 Å². The normalized spacial score (nSPS) is 22.5. The summed E-state index contributed by atoms with van der Waals surface area (Å²) in [6, 6.07) is 12.8. The van der Waals surface area contributed by atoms with Gasteiger partial charge in [-0.25, -0.2) is 4.98 Å². The first-order chi connectivity index (χ1) is 15.9. The van der Waals surface area contributed by atoms with E-state index >= 15 is 0 Å². The summed E-state index contributed by atoms with van der Waals surface area (Å²) in [5, 5.41) is 2.67. The highest BCUT2D eigenvalue weighted by atomic mass is 35.5. The van der Waals surface area contributed by atoms with Crippen LogP contribution in [-0.2, 0) is 9.59 Å². The van der Waals surface area contributed by atoms with Crippen molar-refractivity contribution >= 4 is 55.7 Å². The van der Waals surface area contributed by atoms with Crippen molar-refractivity contribution in [2.45, 2.75) is 38.4 Å². The van der Waals surface area contributed by atoms with Gasteiger partial charge in [-0.05, 0) is 48.2 Å². The van der Waals surface area contributed by atoms with Crippen molar-refractivity contribution in [1.29, 1.82) is 0 Å². The number of aromatic nitrogens is 1. The van der Waals surface area contributed by atoms with Crippen LogP contribution in [-0.4, -0.2) is 28.4 Å². The third-order valence-electron chi connectivity index (χ3n) is 6.12. The van der Waals surface area contributed by atoms with Gasteiger partial charge in [-0.15, -0.1) is 0 Å². The van der Waals surface area contributed by atoms with E-state index < -0.39 is 34.4 Å². The van der Waals surface area contributed by atoms with Gasteiger partial charge < -0.3 is 5.32 Å². The van der Waals surface area contributed by atoms with E-state index in [4.69, 9.17) is 11.6 Å². The maximum Gasteiger partial charge on any atom is 0.425 e. The second kappa shape index (κ2) is 7.55. The third-order valence-corrected chi connectivity index (χ3v) is 7.32. The smallest absolute Gasteiger partial charge is 0.336 e. The average molecular weight is 506 g/mol. The summed E-state index contributed by atoms with van der Waals surface area (Å²) in [7, 11) is 0. The van der Waals surface area contributed by atoms with Crippen molar-refractivity contribution in [3.8, 4) is 0 Å². The lowest BCUT2D eigenvalue weighted by Crippen LogP contribution is -2.61. The molecule has 5 nitrogen and oxygen atoms in total. The molecule has 176 valence electrons. The molecule has 1 amide bonds. The van der Waals surface area contributed by atoms with Gasteiger partial charge in [-0.2, -0.15) is 13.2 Å². The number of para-hydroxylation sites is 1. The van der Waals surface area contributed by atoms with E-state index in [9.17, 15) is 22.8 Å². The quantitative estimate of drug-likeness (QED) is 0.450. The summed E-state index contributed by atoms with van der Waals surface area (Å²) in [5.41, 5.74) is -3.65. The molecule has 1 atom stereocenters. The van der Waals surface area contributed by atoms with E-state index in [0.717, 1.165) is 16.2 Å². The second-order valence-electron chi connectivity index (χ2n) is 9.24. The maximum absolute atomic E-state index is 15.0. The Morgan fingerprint density at radius 1 is 1.06 bits per heavy atom. The van der Waals surface area contributed by atoms with Crippen molar-refractivity contribution in [1.82, 2.24) is 4.98 Å². The number of allylic oxidation sites excluding steroid dienone is 1. The van der Waals surface area contributed by atoms with Crippen LogP contribution in [0.2, 0.25) is 5.02 Å². The number of Topliss-reactive ketones (excluding diaryl/α,β-unsaturated/α-hetero) is 1. The standard InChI is InChI=1S/C24H19ClF3N3O2S/c1-22(2)11-16-19(17(32)12-22)23(24(26,27)28,20(33)31(16)14-9-7-13(25)8-10-14)30-21-29-15-5-3-4-6-18(15)34-21/h3-10H,11-12H2,1-2H3,(H,29,30)/t23-/m1/s1. The third kappa shape index (κ3) is 3.41. The molecule has 1 aromatic heterocycles. The first kappa shape index (κ1) is 22.9. The fourth-order valence-electron chi connectivity index (χ4n) is 4.70. The first-order valence-electron chi connectivity index (χ1n) is 10.5. The number of nitrogens with one attached hydrogen (secondary N) is 1. The Labute approximate surface area is 202 Å². The summed E-state index contributed by atoms with van der Waals surface area (Å²) >= 11 is 6.96. The molecule has 34 heavy (non-hydrogen) atoms. The number of fused-ring (bicyclic) bond motifs is 1. The number of hydrogen-bond acceptors (Lipinski definition) is 5. The molecule has 2 aromatic carbocycles. The lowest BCUT2D eigenvalue weighted by molar-refractivity contribution is -0.175. The molecule has 0 saturated carbocycles. The van der Waals surface area contributed by atoms with Gasteiger partial charge in [0.1, 0.15) is 0 Å². The van der Waals surface area contributed by atoms with E-state index in [0.29, 0.717) is 15.2 Å². The Kier molecular flexibility index (Phi) is 5.07. The Balaban J connectivity index is 1.74. The van der Waals surface area contributed by atoms with Crippen molar-refractivity contribution in [2.75, 3.05) is 10.2 Å². The minimum absolute atomic E-state index is 0.0551. The number of halogens is 4. The average Bonchev–Trinajstić information content (AvgIpc) is 3.24. The van der Waals surface area contributed by atoms with Gasteiger partial charge in [-0.1, -0.05) is 48.9 Å². The number of ketones is 1. The fraction of sp³-hybridized carbons (Fsp3) is 0.292. The van der Waals surface area contributed by atoms with Crippen LogP contribution in [0.25, 0.3) is 10.2 Å². The number of benzene rings is 2. The summed E-state index contributed by atoms with van der Waals surface area (Å²) in [5.74, 6) is -1.99. The Hall–Kier alpha value is -2.91. The number of carbonyl (C=O) groups is 2. The lowest BCUT2D eigenvalue weighted by atomic mass is 9.72. The predicted molar refractivity (Wildman–Crippen MR) is 126 cm³/mol. The van der Waals surface area contributed by atoms with Crippen molar-refractivity contribution < 1.29 is 22.8 Å². The molecule has 0 fully saturated rings. The molecule has 1 aliphatic heterocycles. The van der Waals surface area contributed by atoms with Gasteiger partial charge in [0.05, 0.1) is 15.8 Å². The number of anilines is 2. The van der Waals surface area contributed by atoms with Gasteiger partial charge in [-0.3, -0.25) is 14.5 Å². The van der Waals surface area contributed by atoms with Gasteiger partial charge in [0, 0.05) is 22.8 Å². The SMILES string of the molecule is CC1(C)CC(=O)C2=C(C1)N(c1ccc(Cl)cc1)C(=O)[C@@]2(Nc1nc2ccccc2s1)C(F)(F)F. The van der Waals surface area contributed by atoms with Crippen LogP contribution in [0.4, 0.5) is 24.0 Å². The molecule has 0 radical (unpaired) electrons. The van der Waals surface area contributed by atoms with Crippen LogP contribution in [0.3, 0.4) is 0 Å². The van der Waals surface area contributed by atoms with Gasteiger partial charge in [0.2, 0.25) is 5.54 Å². The number of rotatable bonds is 3. The minimum Gasteiger partial charge on any atom is -0.336 e. The molecule has 10 heteroatoms. The molecule has 0 spiro atoms. The van der Waals surface area contributed by atoms with E-state index in [1.165, 1.54) is 24.3 Å².